The minimum Gasteiger partial charge on any atom is -0.486 e. The number of rotatable bonds is 10. The highest BCUT2D eigenvalue weighted by Crippen LogP contribution is 2.28. The number of nitrogens with one attached hydrogen (secondary N) is 1. The van der Waals surface area contributed by atoms with E-state index in [-0.39, 0.29) is 29.0 Å². The Kier molecular flexibility index (Phi) is 8.29. The molecule has 3 rings (SSSR count). The van der Waals surface area contributed by atoms with Gasteiger partial charge in [0.05, 0.1) is 10.7 Å². The van der Waals surface area contributed by atoms with E-state index in [1.54, 1.807) is 0 Å². The van der Waals surface area contributed by atoms with Crippen LogP contribution in [0.1, 0.15) is 38.1 Å². The SMILES string of the molecule is CCn1c(COc2ccc(C(C)C)cc2)nnc1SCC(=O)Nc1ccc(Cl)c([N+](=O)[O-])c1. The third kappa shape index (κ3) is 6.45. The Morgan fingerprint density at radius 2 is 1.97 bits per heavy atom. The first kappa shape index (κ1) is 24.5. The van der Waals surface area contributed by atoms with E-state index in [1.165, 1.54) is 35.5 Å². The number of carbonyl (C=O) groups excluding carboxylic acids is 1. The van der Waals surface area contributed by atoms with Crippen molar-refractivity contribution in [2.45, 2.75) is 45.0 Å². The molecule has 1 heterocycles. The molecule has 0 bridgehead atoms. The number of aromatic nitrogens is 3. The van der Waals surface area contributed by atoms with Crippen LogP contribution in [0.3, 0.4) is 0 Å². The predicted octanol–water partition coefficient (Wildman–Crippen LogP) is 5.29. The molecule has 1 N–H and O–H groups in total. The zero-order valence-corrected chi connectivity index (χ0v) is 20.0. The van der Waals surface area contributed by atoms with Gasteiger partial charge in [-0.05, 0) is 42.7 Å². The summed E-state index contributed by atoms with van der Waals surface area (Å²) in [7, 11) is 0. The molecule has 0 spiro atoms. The van der Waals surface area contributed by atoms with Crippen molar-refractivity contribution in [3.63, 3.8) is 0 Å². The summed E-state index contributed by atoms with van der Waals surface area (Å²) in [6.45, 7) is 7.10. The van der Waals surface area contributed by atoms with E-state index < -0.39 is 4.92 Å². The number of nitro benzene ring substituents is 1. The lowest BCUT2D eigenvalue weighted by Gasteiger charge is -2.10. The molecule has 1 amide bonds. The van der Waals surface area contributed by atoms with E-state index in [0.717, 1.165) is 5.75 Å². The number of carbonyl (C=O) groups is 1. The second-order valence-corrected chi connectivity index (χ2v) is 8.77. The standard InChI is InChI=1S/C22H24ClN5O4S/c1-4-27-20(12-32-17-8-5-15(6-9-17)14(2)3)25-26-22(27)33-13-21(29)24-16-7-10-18(23)19(11-16)28(30)31/h5-11,14H,4,12-13H2,1-3H3,(H,24,29). The lowest BCUT2D eigenvalue weighted by molar-refractivity contribution is -0.384. The summed E-state index contributed by atoms with van der Waals surface area (Å²) >= 11 is 7.02. The van der Waals surface area contributed by atoms with Gasteiger partial charge in [0.1, 0.15) is 17.4 Å². The van der Waals surface area contributed by atoms with Crippen molar-refractivity contribution in [1.82, 2.24) is 14.8 Å². The van der Waals surface area contributed by atoms with Gasteiger partial charge in [0, 0.05) is 18.3 Å². The number of ether oxygens (including phenoxy) is 1. The molecular formula is C22H24ClN5O4S. The van der Waals surface area contributed by atoms with Gasteiger partial charge < -0.3 is 14.6 Å². The molecule has 0 saturated carbocycles. The van der Waals surface area contributed by atoms with E-state index in [9.17, 15) is 14.9 Å². The van der Waals surface area contributed by atoms with Crippen molar-refractivity contribution in [3.05, 3.63) is 69.0 Å². The molecule has 174 valence electrons. The first-order valence-electron chi connectivity index (χ1n) is 10.3. The smallest absolute Gasteiger partial charge is 0.289 e. The predicted molar refractivity (Wildman–Crippen MR) is 128 cm³/mol. The second-order valence-electron chi connectivity index (χ2n) is 7.42. The quantitative estimate of drug-likeness (QED) is 0.234. The van der Waals surface area contributed by atoms with Crippen LogP contribution >= 0.6 is 23.4 Å². The molecule has 3 aromatic rings. The summed E-state index contributed by atoms with van der Waals surface area (Å²) < 4.78 is 7.73. The van der Waals surface area contributed by atoms with Crippen molar-refractivity contribution in [1.29, 1.82) is 0 Å². The van der Waals surface area contributed by atoms with Crippen LogP contribution in [0, 0.1) is 10.1 Å². The topological polar surface area (TPSA) is 112 Å². The second kappa shape index (κ2) is 11.2. The molecule has 0 atom stereocenters. The Morgan fingerprint density at radius 3 is 2.61 bits per heavy atom. The highest BCUT2D eigenvalue weighted by Gasteiger charge is 2.16. The summed E-state index contributed by atoms with van der Waals surface area (Å²) in [5, 5.41) is 22.6. The Hall–Kier alpha value is -3.11. The highest BCUT2D eigenvalue weighted by molar-refractivity contribution is 7.99. The number of hydrogen-bond acceptors (Lipinski definition) is 7. The van der Waals surface area contributed by atoms with Crippen molar-refractivity contribution in [2.75, 3.05) is 11.1 Å². The van der Waals surface area contributed by atoms with Crippen LogP contribution in [-0.2, 0) is 17.9 Å². The molecule has 0 unspecified atom stereocenters. The van der Waals surface area contributed by atoms with Gasteiger partial charge in [0.15, 0.2) is 11.0 Å². The third-order valence-corrected chi connectivity index (χ3v) is 6.07. The van der Waals surface area contributed by atoms with E-state index in [1.807, 2.05) is 35.8 Å². The molecule has 9 nitrogen and oxygen atoms in total. The highest BCUT2D eigenvalue weighted by atomic mass is 35.5. The Morgan fingerprint density at radius 1 is 1.24 bits per heavy atom. The lowest BCUT2D eigenvalue weighted by atomic mass is 10.0. The average molecular weight is 490 g/mol. The van der Waals surface area contributed by atoms with Crippen molar-refractivity contribution in [2.24, 2.45) is 0 Å². The summed E-state index contributed by atoms with van der Waals surface area (Å²) in [5.41, 5.74) is 1.27. The minimum absolute atomic E-state index is 0.00837. The van der Waals surface area contributed by atoms with Crippen LogP contribution in [0.2, 0.25) is 5.02 Å². The van der Waals surface area contributed by atoms with Crippen molar-refractivity contribution < 1.29 is 14.5 Å². The number of halogens is 1. The van der Waals surface area contributed by atoms with Gasteiger partial charge in [0.2, 0.25) is 5.91 Å². The van der Waals surface area contributed by atoms with Gasteiger partial charge in [-0.25, -0.2) is 0 Å². The number of nitro groups is 1. The molecule has 0 saturated heterocycles. The summed E-state index contributed by atoms with van der Waals surface area (Å²) in [6, 6.07) is 12.1. The zero-order chi connectivity index (χ0) is 24.0. The van der Waals surface area contributed by atoms with E-state index in [0.29, 0.717) is 29.1 Å². The fraction of sp³-hybridized carbons (Fsp3) is 0.318. The van der Waals surface area contributed by atoms with Gasteiger partial charge in [0.25, 0.3) is 5.69 Å². The van der Waals surface area contributed by atoms with Crippen LogP contribution in [0.5, 0.6) is 5.75 Å². The van der Waals surface area contributed by atoms with Gasteiger partial charge >= 0.3 is 0 Å². The third-order valence-electron chi connectivity index (χ3n) is 4.78. The molecule has 11 heteroatoms. The van der Waals surface area contributed by atoms with E-state index in [4.69, 9.17) is 16.3 Å². The first-order chi connectivity index (χ1) is 15.8. The van der Waals surface area contributed by atoms with Gasteiger partial charge in [-0.15, -0.1) is 10.2 Å². The Labute approximate surface area is 200 Å². The van der Waals surface area contributed by atoms with Gasteiger partial charge in [-0.3, -0.25) is 14.9 Å². The summed E-state index contributed by atoms with van der Waals surface area (Å²) in [5.74, 6) is 1.59. The van der Waals surface area contributed by atoms with Crippen LogP contribution in [0.4, 0.5) is 11.4 Å². The van der Waals surface area contributed by atoms with E-state index >= 15 is 0 Å². The van der Waals surface area contributed by atoms with Crippen molar-refractivity contribution >= 4 is 40.6 Å². The Balaban J connectivity index is 1.58. The first-order valence-corrected chi connectivity index (χ1v) is 11.7. The molecule has 0 fully saturated rings. The zero-order valence-electron chi connectivity index (χ0n) is 18.4. The number of benzene rings is 2. The number of anilines is 1. The van der Waals surface area contributed by atoms with Crippen LogP contribution in [-0.4, -0.2) is 31.3 Å². The maximum absolute atomic E-state index is 12.3. The fourth-order valence-electron chi connectivity index (χ4n) is 3.00. The molecule has 2 aromatic carbocycles. The Bertz CT molecular complexity index is 1130. The molecule has 0 aliphatic heterocycles. The monoisotopic (exact) mass is 489 g/mol. The minimum atomic E-state index is -0.598. The lowest BCUT2D eigenvalue weighted by Crippen LogP contribution is -2.15. The average Bonchev–Trinajstić information content (AvgIpc) is 3.19. The van der Waals surface area contributed by atoms with Gasteiger partial charge in [-0.1, -0.05) is 49.3 Å². The number of thioether (sulfide) groups is 1. The summed E-state index contributed by atoms with van der Waals surface area (Å²) in [4.78, 5) is 22.7. The van der Waals surface area contributed by atoms with Crippen LogP contribution in [0.15, 0.2) is 47.6 Å². The number of hydrogen-bond donors (Lipinski definition) is 1. The normalized spacial score (nSPS) is 10.9. The van der Waals surface area contributed by atoms with Crippen molar-refractivity contribution in [3.8, 4) is 5.75 Å². The molecule has 0 aliphatic rings. The molecule has 0 aliphatic carbocycles. The maximum atomic E-state index is 12.3. The number of nitrogens with zero attached hydrogens (tertiary/aromatic N) is 4. The summed E-state index contributed by atoms with van der Waals surface area (Å²) in [6.07, 6.45) is 0. The number of amides is 1. The largest absolute Gasteiger partial charge is 0.486 e. The fourth-order valence-corrected chi connectivity index (χ4v) is 4.01. The molecule has 1 aromatic heterocycles. The molecule has 33 heavy (non-hydrogen) atoms. The van der Waals surface area contributed by atoms with Crippen LogP contribution in [0.25, 0.3) is 0 Å². The van der Waals surface area contributed by atoms with Crippen LogP contribution < -0.4 is 10.1 Å². The maximum Gasteiger partial charge on any atom is 0.289 e. The molecular weight excluding hydrogens is 466 g/mol. The van der Waals surface area contributed by atoms with Gasteiger partial charge in [-0.2, -0.15) is 0 Å². The van der Waals surface area contributed by atoms with E-state index in [2.05, 4.69) is 29.4 Å². The molecule has 0 radical (unpaired) electrons.